The maximum Gasteiger partial charge on any atom is 0.178 e. The summed E-state index contributed by atoms with van der Waals surface area (Å²) in [5, 5.41) is 3.49. The molecular formula is C31H26O3P2. The fraction of sp³-hybridized carbons (Fsp3) is 0.0323. The lowest BCUT2D eigenvalue weighted by Gasteiger charge is -2.24. The first-order valence-corrected chi connectivity index (χ1v) is 15.4. The molecule has 0 radical (unpaired) electrons. The highest BCUT2D eigenvalue weighted by atomic mass is 31.2. The lowest BCUT2D eigenvalue weighted by atomic mass is 10.3. The Balaban J connectivity index is 1.60. The number of hydrogen-bond donors (Lipinski definition) is 0. The van der Waals surface area contributed by atoms with Crippen LogP contribution in [0, 0.1) is 0 Å². The van der Waals surface area contributed by atoms with Crippen molar-refractivity contribution in [1.82, 2.24) is 0 Å². The highest BCUT2D eigenvalue weighted by Crippen LogP contribution is 2.47. The number of ether oxygens (including phenoxy) is 1. The van der Waals surface area contributed by atoms with Gasteiger partial charge in [0.25, 0.3) is 0 Å². The van der Waals surface area contributed by atoms with Gasteiger partial charge in [-0.15, -0.1) is 0 Å². The third kappa shape index (κ3) is 4.61. The van der Waals surface area contributed by atoms with Crippen molar-refractivity contribution in [2.75, 3.05) is 6.35 Å². The van der Waals surface area contributed by atoms with Gasteiger partial charge in [-0.3, -0.25) is 0 Å². The summed E-state index contributed by atoms with van der Waals surface area (Å²) in [5.74, 6) is 0.473. The summed E-state index contributed by atoms with van der Waals surface area (Å²) in [5.41, 5.74) is 0. The first-order chi connectivity index (χ1) is 17.6. The van der Waals surface area contributed by atoms with Crippen molar-refractivity contribution >= 4 is 40.8 Å². The zero-order chi connectivity index (χ0) is 24.8. The van der Waals surface area contributed by atoms with E-state index >= 15 is 0 Å². The largest absolute Gasteiger partial charge is 0.484 e. The minimum absolute atomic E-state index is 0.0401. The molecule has 0 saturated heterocycles. The van der Waals surface area contributed by atoms with Gasteiger partial charge in [-0.1, -0.05) is 133 Å². The van der Waals surface area contributed by atoms with Gasteiger partial charge >= 0.3 is 0 Å². The van der Waals surface area contributed by atoms with Crippen molar-refractivity contribution in [2.45, 2.75) is 0 Å². The maximum atomic E-state index is 15.0. The van der Waals surface area contributed by atoms with Crippen molar-refractivity contribution < 1.29 is 13.9 Å². The molecule has 0 aliphatic rings. The summed E-state index contributed by atoms with van der Waals surface area (Å²) in [7, 11) is -6.37. The Labute approximate surface area is 212 Å². The van der Waals surface area contributed by atoms with E-state index in [4.69, 9.17) is 4.74 Å². The molecule has 0 aromatic heterocycles. The van der Waals surface area contributed by atoms with Gasteiger partial charge < -0.3 is 13.9 Å². The van der Waals surface area contributed by atoms with Crippen molar-refractivity contribution in [1.29, 1.82) is 0 Å². The predicted molar refractivity (Wildman–Crippen MR) is 151 cm³/mol. The van der Waals surface area contributed by atoms with Crippen LogP contribution in [0.2, 0.25) is 0 Å². The molecule has 0 bridgehead atoms. The van der Waals surface area contributed by atoms with Crippen LogP contribution in [0.15, 0.2) is 146 Å². The molecule has 0 atom stereocenters. The van der Waals surface area contributed by atoms with Crippen LogP contribution in [0.3, 0.4) is 0 Å². The quantitative estimate of drug-likeness (QED) is 0.254. The van der Waals surface area contributed by atoms with Crippen LogP contribution in [0.25, 0.3) is 0 Å². The molecule has 0 N–H and O–H groups in total. The van der Waals surface area contributed by atoms with E-state index in [2.05, 4.69) is 0 Å². The van der Waals surface area contributed by atoms with Gasteiger partial charge in [0.2, 0.25) is 0 Å². The second kappa shape index (κ2) is 10.5. The first-order valence-electron chi connectivity index (χ1n) is 11.8. The molecule has 178 valence electrons. The highest BCUT2D eigenvalue weighted by molar-refractivity contribution is 7.85. The highest BCUT2D eigenvalue weighted by Gasteiger charge is 2.34. The van der Waals surface area contributed by atoms with Gasteiger partial charge in [0.1, 0.15) is 12.1 Å². The molecule has 5 rings (SSSR count). The second-order valence-corrected chi connectivity index (χ2v) is 13.9. The molecule has 5 heteroatoms. The topological polar surface area (TPSA) is 43.4 Å². The predicted octanol–water partition coefficient (Wildman–Crippen LogP) is 5.68. The summed E-state index contributed by atoms with van der Waals surface area (Å²) in [6.45, 7) is 0. The summed E-state index contributed by atoms with van der Waals surface area (Å²) in [6.07, 6.45) is -0.0401. The van der Waals surface area contributed by atoms with Crippen LogP contribution in [-0.4, -0.2) is 6.35 Å². The maximum absolute atomic E-state index is 15.0. The lowest BCUT2D eigenvalue weighted by Crippen LogP contribution is -2.27. The van der Waals surface area contributed by atoms with E-state index < -0.39 is 14.3 Å². The average Bonchev–Trinajstić information content (AvgIpc) is 2.97. The molecule has 0 spiro atoms. The van der Waals surface area contributed by atoms with E-state index in [1.807, 2.05) is 146 Å². The van der Waals surface area contributed by atoms with Crippen LogP contribution in [-0.2, 0) is 9.13 Å². The van der Waals surface area contributed by atoms with Crippen LogP contribution >= 0.6 is 14.3 Å². The van der Waals surface area contributed by atoms with E-state index in [0.717, 1.165) is 21.2 Å². The van der Waals surface area contributed by atoms with Crippen molar-refractivity contribution in [2.24, 2.45) is 0 Å². The average molecular weight is 508 g/mol. The summed E-state index contributed by atoms with van der Waals surface area (Å²) in [4.78, 5) is 0. The standard InChI is InChI=1S/C31H26O3P2/c32-35(26-15-5-1-6-16-26,27-17-7-2-8-18-27)25-34-30-23-13-14-24-31(30)36(33,28-19-9-3-10-20-28)29-21-11-4-12-22-29/h1-24H,25H2. The van der Waals surface area contributed by atoms with Gasteiger partial charge in [0.05, 0.1) is 5.30 Å². The Bertz CT molecular complexity index is 1430. The molecule has 0 aliphatic heterocycles. The Morgan fingerprint density at radius 2 is 0.806 bits per heavy atom. The molecule has 5 aromatic carbocycles. The molecule has 0 saturated carbocycles. The van der Waals surface area contributed by atoms with E-state index in [9.17, 15) is 9.13 Å². The van der Waals surface area contributed by atoms with Crippen molar-refractivity contribution in [3.63, 3.8) is 0 Å². The monoisotopic (exact) mass is 508 g/mol. The van der Waals surface area contributed by atoms with Crippen molar-refractivity contribution in [3.8, 4) is 5.75 Å². The normalized spacial score (nSPS) is 11.7. The minimum Gasteiger partial charge on any atom is -0.484 e. The minimum atomic E-state index is -3.25. The van der Waals surface area contributed by atoms with Crippen LogP contribution in [0.4, 0.5) is 0 Å². The number of hydrogen-bond acceptors (Lipinski definition) is 3. The van der Waals surface area contributed by atoms with E-state index in [0.29, 0.717) is 11.1 Å². The van der Waals surface area contributed by atoms with Gasteiger partial charge in [-0.05, 0) is 12.1 Å². The molecule has 0 heterocycles. The Hall–Kier alpha value is -3.64. The molecule has 5 aromatic rings. The van der Waals surface area contributed by atoms with Gasteiger partial charge in [-0.2, -0.15) is 0 Å². The van der Waals surface area contributed by atoms with Gasteiger partial charge in [0.15, 0.2) is 14.3 Å². The third-order valence-electron chi connectivity index (χ3n) is 6.19. The molecule has 0 amide bonds. The Morgan fingerprint density at radius 1 is 0.444 bits per heavy atom. The van der Waals surface area contributed by atoms with E-state index in [1.54, 1.807) is 0 Å². The number of rotatable bonds is 8. The second-order valence-electron chi connectivity index (χ2n) is 8.43. The van der Waals surface area contributed by atoms with E-state index in [1.165, 1.54) is 0 Å². The van der Waals surface area contributed by atoms with Crippen LogP contribution in [0.1, 0.15) is 0 Å². The molecule has 0 fully saturated rings. The summed E-state index contributed by atoms with van der Waals surface area (Å²) >= 11 is 0. The van der Waals surface area contributed by atoms with Gasteiger partial charge in [0, 0.05) is 21.2 Å². The summed E-state index contributed by atoms with van der Waals surface area (Å²) < 4.78 is 35.8. The molecular weight excluding hydrogens is 482 g/mol. The fourth-order valence-electron chi connectivity index (χ4n) is 4.34. The van der Waals surface area contributed by atoms with Crippen molar-refractivity contribution in [3.05, 3.63) is 146 Å². The van der Waals surface area contributed by atoms with E-state index in [-0.39, 0.29) is 6.35 Å². The Kier molecular flexibility index (Phi) is 7.05. The fourth-order valence-corrected chi connectivity index (χ4v) is 9.35. The number of benzene rings is 5. The first kappa shape index (κ1) is 24.1. The SMILES string of the molecule is O=P(COc1ccccc1P(=O)(c1ccccc1)c1ccccc1)(c1ccccc1)c1ccccc1. The molecule has 36 heavy (non-hydrogen) atoms. The molecule has 0 unspecified atom stereocenters. The zero-order valence-electron chi connectivity index (χ0n) is 19.7. The molecule has 3 nitrogen and oxygen atoms in total. The van der Waals surface area contributed by atoms with Crippen LogP contribution in [0.5, 0.6) is 5.75 Å². The number of para-hydroxylation sites is 1. The smallest absolute Gasteiger partial charge is 0.178 e. The lowest BCUT2D eigenvalue weighted by molar-refractivity contribution is 0.382. The summed E-state index contributed by atoms with van der Waals surface area (Å²) in [6, 6.07) is 45.2. The molecule has 0 aliphatic carbocycles. The van der Waals surface area contributed by atoms with Gasteiger partial charge in [-0.25, -0.2) is 0 Å². The zero-order valence-corrected chi connectivity index (χ0v) is 21.5. The third-order valence-corrected chi connectivity index (χ3v) is 12.0. The Morgan fingerprint density at radius 3 is 1.25 bits per heavy atom. The van der Waals surface area contributed by atoms with Crippen LogP contribution < -0.4 is 31.3 Å².